The molecule has 2 atom stereocenters. The van der Waals surface area contributed by atoms with Crippen LogP contribution in [-0.4, -0.2) is 17.9 Å². The molecule has 0 heterocycles. The lowest BCUT2D eigenvalue weighted by Crippen LogP contribution is -2.45. The van der Waals surface area contributed by atoms with Gasteiger partial charge in [-0.2, -0.15) is 5.26 Å². The third kappa shape index (κ3) is 5.83. The largest absolute Gasteiger partial charge is 0.459 e. The Kier molecular flexibility index (Phi) is 7.39. The first kappa shape index (κ1) is 20.5. The first-order valence-corrected chi connectivity index (χ1v) is 9.04. The van der Waals surface area contributed by atoms with Gasteiger partial charge in [-0.1, -0.05) is 44.0 Å². The molecule has 0 spiro atoms. The van der Waals surface area contributed by atoms with Gasteiger partial charge in [0.2, 0.25) is 0 Å². The van der Waals surface area contributed by atoms with Crippen LogP contribution in [0, 0.1) is 17.2 Å². The standard InChI is InChI=1S/C21H21ClN2O3/c1-3-14(2)19(24-20(25)17-8-10-18(22)11-9-17)21(26)27-13-16-6-4-15(12-23)5-7-16/h4-11,14,19H,3,13H2,1-2H3,(H,24,25). The molecule has 0 saturated carbocycles. The summed E-state index contributed by atoms with van der Waals surface area (Å²) in [6.45, 7) is 3.91. The van der Waals surface area contributed by atoms with Gasteiger partial charge in [0, 0.05) is 10.6 Å². The highest BCUT2D eigenvalue weighted by atomic mass is 35.5. The highest BCUT2D eigenvalue weighted by Crippen LogP contribution is 2.14. The summed E-state index contributed by atoms with van der Waals surface area (Å²) in [5.41, 5.74) is 1.74. The van der Waals surface area contributed by atoms with Gasteiger partial charge in [-0.05, 0) is 47.9 Å². The van der Waals surface area contributed by atoms with Gasteiger partial charge in [0.1, 0.15) is 12.6 Å². The SMILES string of the molecule is CCC(C)C(NC(=O)c1ccc(Cl)cc1)C(=O)OCc1ccc(C#N)cc1. The number of nitrogens with one attached hydrogen (secondary N) is 1. The van der Waals surface area contributed by atoms with Crippen molar-refractivity contribution >= 4 is 23.5 Å². The van der Waals surface area contributed by atoms with Gasteiger partial charge >= 0.3 is 5.97 Å². The molecule has 140 valence electrons. The Hall–Kier alpha value is -2.84. The van der Waals surface area contributed by atoms with Gasteiger partial charge in [-0.25, -0.2) is 4.79 Å². The predicted octanol–water partition coefficient (Wildman–Crippen LogP) is 4.10. The van der Waals surface area contributed by atoms with Crippen molar-refractivity contribution in [2.75, 3.05) is 0 Å². The van der Waals surface area contributed by atoms with Crippen LogP contribution in [0.4, 0.5) is 0 Å². The van der Waals surface area contributed by atoms with E-state index in [1.807, 2.05) is 19.9 Å². The lowest BCUT2D eigenvalue weighted by molar-refractivity contribution is -0.148. The number of nitriles is 1. The van der Waals surface area contributed by atoms with Crippen LogP contribution in [0.3, 0.4) is 0 Å². The molecule has 0 saturated heterocycles. The van der Waals surface area contributed by atoms with E-state index in [9.17, 15) is 9.59 Å². The molecule has 0 bridgehead atoms. The van der Waals surface area contributed by atoms with Crippen LogP contribution in [0.5, 0.6) is 0 Å². The van der Waals surface area contributed by atoms with Crippen LogP contribution >= 0.6 is 11.6 Å². The number of benzene rings is 2. The van der Waals surface area contributed by atoms with Crippen molar-refractivity contribution in [1.29, 1.82) is 5.26 Å². The van der Waals surface area contributed by atoms with Crippen LogP contribution < -0.4 is 5.32 Å². The summed E-state index contributed by atoms with van der Waals surface area (Å²) in [5, 5.41) is 12.1. The van der Waals surface area contributed by atoms with E-state index in [2.05, 4.69) is 5.32 Å². The molecular weight excluding hydrogens is 364 g/mol. The van der Waals surface area contributed by atoms with Crippen LogP contribution in [0.15, 0.2) is 48.5 Å². The van der Waals surface area contributed by atoms with Crippen LogP contribution in [-0.2, 0) is 16.1 Å². The quantitative estimate of drug-likeness (QED) is 0.729. The molecule has 0 aliphatic heterocycles. The van der Waals surface area contributed by atoms with E-state index in [0.717, 1.165) is 5.56 Å². The van der Waals surface area contributed by atoms with E-state index in [1.165, 1.54) is 0 Å². The number of carbonyl (C=O) groups is 2. The van der Waals surface area contributed by atoms with Crippen molar-refractivity contribution in [2.24, 2.45) is 5.92 Å². The molecule has 6 heteroatoms. The number of amides is 1. The normalized spacial score (nSPS) is 12.5. The smallest absolute Gasteiger partial charge is 0.329 e. The third-order valence-electron chi connectivity index (χ3n) is 4.32. The van der Waals surface area contributed by atoms with Gasteiger partial charge in [-0.3, -0.25) is 4.79 Å². The van der Waals surface area contributed by atoms with Gasteiger partial charge in [-0.15, -0.1) is 0 Å². The first-order chi connectivity index (χ1) is 12.9. The number of nitrogens with zero attached hydrogens (tertiary/aromatic N) is 1. The molecule has 27 heavy (non-hydrogen) atoms. The Morgan fingerprint density at radius 1 is 1.15 bits per heavy atom. The maximum atomic E-state index is 12.6. The Bertz CT molecular complexity index is 826. The molecule has 0 radical (unpaired) electrons. The fourth-order valence-corrected chi connectivity index (χ4v) is 2.54. The zero-order valence-corrected chi connectivity index (χ0v) is 16.0. The van der Waals surface area contributed by atoms with Crippen molar-refractivity contribution in [3.05, 3.63) is 70.2 Å². The van der Waals surface area contributed by atoms with Crippen LogP contribution in [0.2, 0.25) is 5.02 Å². The molecule has 0 aliphatic carbocycles. The maximum absolute atomic E-state index is 12.6. The molecule has 2 unspecified atom stereocenters. The second kappa shape index (κ2) is 9.75. The molecule has 2 aromatic carbocycles. The molecule has 1 N–H and O–H groups in total. The zero-order chi connectivity index (χ0) is 19.8. The van der Waals surface area contributed by atoms with Crippen molar-refractivity contribution in [3.8, 4) is 6.07 Å². The van der Waals surface area contributed by atoms with Crippen LogP contribution in [0.25, 0.3) is 0 Å². The Morgan fingerprint density at radius 2 is 1.78 bits per heavy atom. The van der Waals surface area contributed by atoms with Crippen molar-refractivity contribution in [1.82, 2.24) is 5.32 Å². The molecular formula is C21H21ClN2O3. The summed E-state index contributed by atoms with van der Waals surface area (Å²) >= 11 is 5.84. The van der Waals surface area contributed by atoms with Gasteiger partial charge in [0.25, 0.3) is 5.91 Å². The monoisotopic (exact) mass is 384 g/mol. The summed E-state index contributed by atoms with van der Waals surface area (Å²) in [6, 6.07) is 14.5. The highest BCUT2D eigenvalue weighted by Gasteiger charge is 2.27. The topological polar surface area (TPSA) is 79.2 Å². The lowest BCUT2D eigenvalue weighted by atomic mass is 9.98. The number of ether oxygens (including phenoxy) is 1. The molecule has 0 fully saturated rings. The molecule has 0 aromatic heterocycles. The van der Waals surface area contributed by atoms with E-state index in [0.29, 0.717) is 22.6 Å². The van der Waals surface area contributed by atoms with E-state index in [4.69, 9.17) is 21.6 Å². The summed E-state index contributed by atoms with van der Waals surface area (Å²) in [5.74, 6) is -0.932. The molecule has 2 rings (SSSR count). The minimum absolute atomic E-state index is 0.0777. The number of halogens is 1. The summed E-state index contributed by atoms with van der Waals surface area (Å²) in [7, 11) is 0. The lowest BCUT2D eigenvalue weighted by Gasteiger charge is -2.22. The fraction of sp³-hybridized carbons (Fsp3) is 0.286. The van der Waals surface area contributed by atoms with Gasteiger partial charge in [0.15, 0.2) is 0 Å². The van der Waals surface area contributed by atoms with E-state index < -0.39 is 12.0 Å². The Labute approximate surface area is 163 Å². The third-order valence-corrected chi connectivity index (χ3v) is 4.58. The molecule has 1 amide bonds. The highest BCUT2D eigenvalue weighted by molar-refractivity contribution is 6.30. The Morgan fingerprint density at radius 3 is 2.33 bits per heavy atom. The minimum Gasteiger partial charge on any atom is -0.459 e. The number of carbonyl (C=O) groups excluding carboxylic acids is 2. The average molecular weight is 385 g/mol. The van der Waals surface area contributed by atoms with Crippen LogP contribution in [0.1, 0.15) is 41.8 Å². The summed E-state index contributed by atoms with van der Waals surface area (Å²) in [6.07, 6.45) is 0.706. The van der Waals surface area contributed by atoms with Crippen molar-refractivity contribution < 1.29 is 14.3 Å². The fourth-order valence-electron chi connectivity index (χ4n) is 2.41. The zero-order valence-electron chi connectivity index (χ0n) is 15.2. The van der Waals surface area contributed by atoms with Gasteiger partial charge in [0.05, 0.1) is 11.6 Å². The van der Waals surface area contributed by atoms with Gasteiger partial charge < -0.3 is 10.1 Å². The Balaban J connectivity index is 2.03. The number of esters is 1. The number of rotatable bonds is 7. The maximum Gasteiger partial charge on any atom is 0.329 e. The second-order valence-electron chi connectivity index (χ2n) is 6.26. The average Bonchev–Trinajstić information content (AvgIpc) is 2.70. The summed E-state index contributed by atoms with van der Waals surface area (Å²) < 4.78 is 5.38. The molecule has 2 aromatic rings. The second-order valence-corrected chi connectivity index (χ2v) is 6.70. The minimum atomic E-state index is -0.753. The number of hydrogen-bond acceptors (Lipinski definition) is 4. The molecule has 0 aliphatic rings. The van der Waals surface area contributed by atoms with E-state index >= 15 is 0 Å². The van der Waals surface area contributed by atoms with Crippen molar-refractivity contribution in [3.63, 3.8) is 0 Å². The predicted molar refractivity (Wildman–Crippen MR) is 103 cm³/mol. The first-order valence-electron chi connectivity index (χ1n) is 8.66. The van der Waals surface area contributed by atoms with Crippen molar-refractivity contribution in [2.45, 2.75) is 32.9 Å². The van der Waals surface area contributed by atoms with E-state index in [-0.39, 0.29) is 18.4 Å². The summed E-state index contributed by atoms with van der Waals surface area (Å²) in [4.78, 5) is 25.0. The van der Waals surface area contributed by atoms with E-state index in [1.54, 1.807) is 48.5 Å². The number of hydrogen-bond donors (Lipinski definition) is 1. The molecule has 5 nitrogen and oxygen atoms in total.